The van der Waals surface area contributed by atoms with Crippen molar-refractivity contribution in [3.8, 4) is 0 Å². The van der Waals surface area contributed by atoms with Crippen LogP contribution in [0.15, 0.2) is 0 Å². The van der Waals surface area contributed by atoms with Gasteiger partial charge in [-0.3, -0.25) is 4.79 Å². The minimum atomic E-state index is -0.823. The van der Waals surface area contributed by atoms with E-state index in [2.05, 4.69) is 9.78 Å². The number of ether oxygens (including phenoxy) is 1. The molecule has 1 rings (SSSR count). The summed E-state index contributed by atoms with van der Waals surface area (Å²) in [5.41, 5.74) is -1.52. The zero-order valence-corrected chi connectivity index (χ0v) is 10.4. The van der Waals surface area contributed by atoms with Gasteiger partial charge in [-0.15, -0.1) is 0 Å². The molecular formula is C11H20O5. The van der Waals surface area contributed by atoms with E-state index in [-0.39, 0.29) is 5.97 Å². The van der Waals surface area contributed by atoms with Crippen LogP contribution in [0.1, 0.15) is 41.0 Å². The molecule has 0 aliphatic carbocycles. The molecule has 1 N–H and O–H groups in total. The summed E-state index contributed by atoms with van der Waals surface area (Å²) in [5.74, 6) is -0.388. The van der Waals surface area contributed by atoms with Crippen molar-refractivity contribution in [1.82, 2.24) is 0 Å². The number of esters is 1. The molecule has 1 unspecified atom stereocenters. The Hall–Kier alpha value is -0.650. The van der Waals surface area contributed by atoms with E-state index in [1.165, 1.54) is 0 Å². The van der Waals surface area contributed by atoms with Gasteiger partial charge >= 0.3 is 5.97 Å². The Morgan fingerprint density at radius 1 is 1.38 bits per heavy atom. The SMILES string of the molecule is CC(O)CC(C)(C)OC(=O)C(C)(C)C1OO1. The molecule has 1 fully saturated rings. The van der Waals surface area contributed by atoms with Crippen LogP contribution in [-0.4, -0.2) is 29.1 Å². The van der Waals surface area contributed by atoms with E-state index in [1.54, 1.807) is 34.6 Å². The van der Waals surface area contributed by atoms with E-state index in [0.29, 0.717) is 6.42 Å². The molecule has 0 spiro atoms. The summed E-state index contributed by atoms with van der Waals surface area (Å²) in [4.78, 5) is 21.2. The molecule has 1 aliphatic heterocycles. The third-order valence-corrected chi connectivity index (χ3v) is 2.46. The fourth-order valence-electron chi connectivity index (χ4n) is 1.50. The third-order valence-electron chi connectivity index (χ3n) is 2.46. The zero-order valence-electron chi connectivity index (χ0n) is 10.4. The highest BCUT2D eigenvalue weighted by atomic mass is 17.4. The van der Waals surface area contributed by atoms with Gasteiger partial charge in [0.15, 0.2) is 0 Å². The molecular weight excluding hydrogens is 212 g/mol. The molecule has 1 atom stereocenters. The minimum Gasteiger partial charge on any atom is -0.459 e. The van der Waals surface area contributed by atoms with Crippen LogP contribution in [0.2, 0.25) is 0 Å². The number of aliphatic hydroxyl groups excluding tert-OH is 1. The highest BCUT2D eigenvalue weighted by molar-refractivity contribution is 5.77. The first-order valence-electron chi connectivity index (χ1n) is 5.39. The van der Waals surface area contributed by atoms with Gasteiger partial charge in [0.1, 0.15) is 11.0 Å². The Labute approximate surface area is 95.6 Å². The molecule has 5 heteroatoms. The molecule has 16 heavy (non-hydrogen) atoms. The van der Waals surface area contributed by atoms with Crippen molar-refractivity contribution in [2.45, 2.75) is 59.0 Å². The first kappa shape index (κ1) is 13.4. The summed E-state index contributed by atoms with van der Waals surface area (Å²) in [6.07, 6.45) is -0.650. The van der Waals surface area contributed by atoms with Gasteiger partial charge in [0.25, 0.3) is 0 Å². The van der Waals surface area contributed by atoms with Gasteiger partial charge in [0.2, 0.25) is 6.29 Å². The maximum absolute atomic E-state index is 11.9. The predicted molar refractivity (Wildman–Crippen MR) is 56.2 cm³/mol. The minimum absolute atomic E-state index is 0.388. The Bertz CT molecular complexity index is 266. The quantitative estimate of drug-likeness (QED) is 0.440. The van der Waals surface area contributed by atoms with E-state index < -0.39 is 23.4 Å². The largest absolute Gasteiger partial charge is 0.459 e. The molecule has 94 valence electrons. The van der Waals surface area contributed by atoms with Gasteiger partial charge < -0.3 is 9.84 Å². The van der Waals surface area contributed by atoms with Gasteiger partial charge in [-0.25, -0.2) is 0 Å². The molecule has 0 aromatic carbocycles. The number of hydrogen-bond acceptors (Lipinski definition) is 5. The monoisotopic (exact) mass is 232 g/mol. The van der Waals surface area contributed by atoms with Gasteiger partial charge in [-0.05, 0) is 34.6 Å². The van der Waals surface area contributed by atoms with Crippen molar-refractivity contribution in [2.24, 2.45) is 5.41 Å². The lowest BCUT2D eigenvalue weighted by atomic mass is 9.92. The van der Waals surface area contributed by atoms with Gasteiger partial charge in [-0.2, -0.15) is 9.78 Å². The molecule has 0 amide bonds. The van der Waals surface area contributed by atoms with Crippen molar-refractivity contribution < 1.29 is 24.4 Å². The van der Waals surface area contributed by atoms with Crippen molar-refractivity contribution in [3.63, 3.8) is 0 Å². The fraction of sp³-hybridized carbons (Fsp3) is 0.909. The van der Waals surface area contributed by atoms with Crippen LogP contribution in [0.4, 0.5) is 0 Å². The normalized spacial score (nSPS) is 19.4. The first-order valence-corrected chi connectivity index (χ1v) is 5.39. The highest BCUT2D eigenvalue weighted by Crippen LogP contribution is 2.36. The molecule has 0 bridgehead atoms. The molecule has 1 saturated heterocycles. The zero-order chi connectivity index (χ0) is 12.6. The average molecular weight is 232 g/mol. The third kappa shape index (κ3) is 3.43. The Morgan fingerprint density at radius 3 is 2.25 bits per heavy atom. The van der Waals surface area contributed by atoms with Crippen LogP contribution in [0, 0.1) is 5.41 Å². The van der Waals surface area contributed by atoms with Crippen LogP contribution in [0.5, 0.6) is 0 Å². The molecule has 0 aromatic rings. The summed E-state index contributed by atoms with van der Waals surface area (Å²) in [6, 6.07) is 0. The van der Waals surface area contributed by atoms with E-state index in [9.17, 15) is 9.90 Å². The predicted octanol–water partition coefficient (Wildman–Crippen LogP) is 1.39. The standard InChI is InChI=1S/C11H20O5/c1-7(12)6-10(2,3)14-8(13)11(4,5)9-15-16-9/h7,9,12H,6H2,1-5H3. The molecule has 0 aromatic heterocycles. The molecule has 1 heterocycles. The number of aliphatic hydroxyl groups is 1. The van der Waals surface area contributed by atoms with Crippen LogP contribution in [0.3, 0.4) is 0 Å². The lowest BCUT2D eigenvalue weighted by Crippen LogP contribution is -2.40. The van der Waals surface area contributed by atoms with Gasteiger partial charge in [0, 0.05) is 6.42 Å². The van der Waals surface area contributed by atoms with Crippen molar-refractivity contribution in [3.05, 3.63) is 0 Å². The van der Waals surface area contributed by atoms with Crippen LogP contribution < -0.4 is 0 Å². The van der Waals surface area contributed by atoms with E-state index in [0.717, 1.165) is 0 Å². The van der Waals surface area contributed by atoms with E-state index in [1.807, 2.05) is 0 Å². The topological polar surface area (TPSA) is 71.6 Å². The van der Waals surface area contributed by atoms with Crippen LogP contribution in [0.25, 0.3) is 0 Å². The van der Waals surface area contributed by atoms with E-state index >= 15 is 0 Å². The summed E-state index contributed by atoms with van der Waals surface area (Å²) >= 11 is 0. The molecule has 1 aliphatic rings. The second-order valence-corrected chi connectivity index (χ2v) is 5.45. The summed E-state index contributed by atoms with van der Waals surface area (Å²) in [6.45, 7) is 8.59. The smallest absolute Gasteiger partial charge is 0.317 e. The molecule has 0 saturated carbocycles. The number of carbonyl (C=O) groups excluding carboxylic acids is 1. The molecule has 0 radical (unpaired) electrons. The fourth-order valence-corrected chi connectivity index (χ4v) is 1.50. The Kier molecular flexibility index (Phi) is 3.62. The maximum atomic E-state index is 11.9. The summed E-state index contributed by atoms with van der Waals surface area (Å²) < 4.78 is 5.36. The Morgan fingerprint density at radius 2 is 1.88 bits per heavy atom. The van der Waals surface area contributed by atoms with Crippen LogP contribution >= 0.6 is 0 Å². The summed E-state index contributed by atoms with van der Waals surface area (Å²) in [7, 11) is 0. The number of carbonyl (C=O) groups is 1. The lowest BCUT2D eigenvalue weighted by molar-refractivity contribution is -0.171. The van der Waals surface area contributed by atoms with Gasteiger partial charge in [0.05, 0.1) is 6.10 Å². The number of rotatable bonds is 5. The second kappa shape index (κ2) is 4.31. The first-order chi connectivity index (χ1) is 7.15. The lowest BCUT2D eigenvalue weighted by Gasteiger charge is -2.30. The highest BCUT2D eigenvalue weighted by Gasteiger charge is 2.50. The second-order valence-electron chi connectivity index (χ2n) is 5.45. The van der Waals surface area contributed by atoms with E-state index in [4.69, 9.17) is 4.74 Å². The Balaban J connectivity index is 2.55. The van der Waals surface area contributed by atoms with Crippen molar-refractivity contribution in [2.75, 3.05) is 0 Å². The van der Waals surface area contributed by atoms with Gasteiger partial charge in [-0.1, -0.05) is 0 Å². The van der Waals surface area contributed by atoms with Crippen LogP contribution in [-0.2, 0) is 19.3 Å². The summed E-state index contributed by atoms with van der Waals surface area (Å²) in [5, 5.41) is 9.28. The maximum Gasteiger partial charge on any atom is 0.317 e. The average Bonchev–Trinajstić information content (AvgIpc) is 2.80. The van der Waals surface area contributed by atoms with Crippen molar-refractivity contribution in [1.29, 1.82) is 0 Å². The molecule has 5 nitrogen and oxygen atoms in total. The number of hydrogen-bond donors (Lipinski definition) is 1. The van der Waals surface area contributed by atoms with Crippen molar-refractivity contribution >= 4 is 5.97 Å².